The highest BCUT2D eigenvalue weighted by atomic mass is 16.5. The van der Waals surface area contributed by atoms with E-state index in [9.17, 15) is 9.90 Å². The summed E-state index contributed by atoms with van der Waals surface area (Å²) in [5.74, 6) is 1.20. The van der Waals surface area contributed by atoms with Crippen molar-refractivity contribution in [2.75, 3.05) is 13.7 Å². The monoisotopic (exact) mass is 414 g/mol. The molecule has 0 radical (unpaired) electrons. The van der Waals surface area contributed by atoms with E-state index in [1.807, 2.05) is 31.2 Å². The van der Waals surface area contributed by atoms with Crippen molar-refractivity contribution in [3.05, 3.63) is 88.7 Å². The Hall–Kier alpha value is -4.06. The maximum Gasteiger partial charge on any atom is 0.265 e. The first-order valence-electron chi connectivity index (χ1n) is 9.90. The Morgan fingerprint density at radius 3 is 2.42 bits per heavy atom. The van der Waals surface area contributed by atoms with E-state index in [1.165, 1.54) is 4.57 Å². The Balaban J connectivity index is 1.88. The van der Waals surface area contributed by atoms with E-state index in [0.717, 1.165) is 0 Å². The van der Waals surface area contributed by atoms with E-state index in [4.69, 9.17) is 9.47 Å². The summed E-state index contributed by atoms with van der Waals surface area (Å²) < 4.78 is 12.0. The predicted octanol–water partition coefficient (Wildman–Crippen LogP) is 4.85. The third-order valence-corrected chi connectivity index (χ3v) is 4.91. The van der Waals surface area contributed by atoms with Crippen molar-refractivity contribution in [3.63, 3.8) is 0 Å². The summed E-state index contributed by atoms with van der Waals surface area (Å²) in [6.07, 6.45) is 1.57. The van der Waals surface area contributed by atoms with Gasteiger partial charge in [-0.15, -0.1) is 0 Å². The van der Waals surface area contributed by atoms with E-state index in [2.05, 4.69) is 4.99 Å². The Labute approximate surface area is 179 Å². The quantitative estimate of drug-likeness (QED) is 0.458. The molecule has 1 heterocycles. The van der Waals surface area contributed by atoms with Crippen LogP contribution in [0.5, 0.6) is 17.4 Å². The van der Waals surface area contributed by atoms with Crippen LogP contribution in [-0.4, -0.2) is 29.6 Å². The lowest BCUT2D eigenvalue weighted by molar-refractivity contribution is 0.340. The van der Waals surface area contributed by atoms with Gasteiger partial charge in [-0.25, -0.2) is 4.57 Å². The molecule has 6 nitrogen and oxygen atoms in total. The second-order valence-electron chi connectivity index (χ2n) is 6.81. The van der Waals surface area contributed by atoms with Crippen molar-refractivity contribution in [1.82, 2.24) is 4.57 Å². The van der Waals surface area contributed by atoms with Gasteiger partial charge in [0.1, 0.15) is 11.5 Å². The largest absolute Gasteiger partial charge is 0.497 e. The van der Waals surface area contributed by atoms with E-state index in [0.29, 0.717) is 45.8 Å². The normalized spacial score (nSPS) is 11.2. The van der Waals surface area contributed by atoms with Crippen molar-refractivity contribution in [3.8, 4) is 23.1 Å². The number of aromatic hydroxyl groups is 1. The second kappa shape index (κ2) is 8.75. The summed E-state index contributed by atoms with van der Waals surface area (Å²) in [5, 5.41) is 12.2. The second-order valence-corrected chi connectivity index (χ2v) is 6.81. The summed E-state index contributed by atoms with van der Waals surface area (Å²) in [6.45, 7) is 2.45. The number of aromatic nitrogens is 1. The number of aliphatic imine (C=N–C) groups is 1. The van der Waals surface area contributed by atoms with Crippen LogP contribution in [0.25, 0.3) is 16.5 Å². The van der Waals surface area contributed by atoms with Gasteiger partial charge in [-0.2, -0.15) is 0 Å². The average Bonchev–Trinajstić information content (AvgIpc) is 2.80. The standard InChI is InChI=1S/C25H22N2O4/c1-3-31-19-13-11-18(12-14-19)27-24(28)22-10-5-4-9-21(22)23(25(27)29)16-26-17-7-6-8-20(15-17)30-2/h4-16,29H,3H2,1-2H3. The Morgan fingerprint density at radius 1 is 0.968 bits per heavy atom. The van der Waals surface area contributed by atoms with Gasteiger partial charge >= 0.3 is 0 Å². The van der Waals surface area contributed by atoms with Gasteiger partial charge in [0.15, 0.2) is 0 Å². The van der Waals surface area contributed by atoms with Gasteiger partial charge in [0, 0.05) is 23.1 Å². The molecule has 0 fully saturated rings. The lowest BCUT2D eigenvalue weighted by Crippen LogP contribution is -2.20. The van der Waals surface area contributed by atoms with E-state index >= 15 is 0 Å². The fourth-order valence-corrected chi connectivity index (χ4v) is 3.42. The zero-order valence-corrected chi connectivity index (χ0v) is 17.3. The molecule has 0 aliphatic carbocycles. The molecule has 4 rings (SSSR count). The van der Waals surface area contributed by atoms with Gasteiger partial charge < -0.3 is 14.6 Å². The highest BCUT2D eigenvalue weighted by Crippen LogP contribution is 2.28. The van der Waals surface area contributed by atoms with Crippen LogP contribution >= 0.6 is 0 Å². The van der Waals surface area contributed by atoms with Gasteiger partial charge in [-0.3, -0.25) is 9.79 Å². The third kappa shape index (κ3) is 4.00. The molecule has 3 aromatic carbocycles. The van der Waals surface area contributed by atoms with Crippen molar-refractivity contribution in [2.45, 2.75) is 6.92 Å². The average molecular weight is 414 g/mol. The highest BCUT2D eigenvalue weighted by molar-refractivity contribution is 6.02. The van der Waals surface area contributed by atoms with Crippen LogP contribution in [0, 0.1) is 0 Å². The topological polar surface area (TPSA) is 73.1 Å². The molecular weight excluding hydrogens is 392 g/mol. The smallest absolute Gasteiger partial charge is 0.265 e. The van der Waals surface area contributed by atoms with Crippen LogP contribution in [0.4, 0.5) is 5.69 Å². The van der Waals surface area contributed by atoms with Crippen LogP contribution in [0.2, 0.25) is 0 Å². The molecule has 0 spiro atoms. The molecule has 0 atom stereocenters. The lowest BCUT2D eigenvalue weighted by atomic mass is 10.1. The molecule has 0 bridgehead atoms. The first-order valence-corrected chi connectivity index (χ1v) is 9.90. The SMILES string of the molecule is CCOc1ccc(-n2c(O)c(C=Nc3cccc(OC)c3)c3ccccc3c2=O)cc1. The Kier molecular flexibility index (Phi) is 5.71. The number of fused-ring (bicyclic) bond motifs is 1. The lowest BCUT2D eigenvalue weighted by Gasteiger charge is -2.14. The van der Waals surface area contributed by atoms with E-state index in [1.54, 1.807) is 61.9 Å². The minimum absolute atomic E-state index is 0.181. The number of hydrogen-bond donors (Lipinski definition) is 1. The molecule has 0 aliphatic heterocycles. The summed E-state index contributed by atoms with van der Waals surface area (Å²) in [5.41, 5.74) is 1.34. The van der Waals surface area contributed by atoms with Crippen LogP contribution in [0.3, 0.4) is 0 Å². The predicted molar refractivity (Wildman–Crippen MR) is 123 cm³/mol. The van der Waals surface area contributed by atoms with Crippen molar-refractivity contribution in [2.24, 2.45) is 4.99 Å². The summed E-state index contributed by atoms with van der Waals surface area (Å²) in [4.78, 5) is 17.7. The number of rotatable bonds is 6. The zero-order chi connectivity index (χ0) is 21.8. The number of nitrogens with zero attached hydrogens (tertiary/aromatic N) is 2. The third-order valence-electron chi connectivity index (χ3n) is 4.91. The van der Waals surface area contributed by atoms with Gasteiger partial charge in [-0.05, 0) is 49.4 Å². The van der Waals surface area contributed by atoms with Crippen LogP contribution in [-0.2, 0) is 0 Å². The number of pyridine rings is 1. The van der Waals surface area contributed by atoms with Gasteiger partial charge in [0.2, 0.25) is 5.88 Å². The number of ether oxygens (including phenoxy) is 2. The minimum Gasteiger partial charge on any atom is -0.497 e. The number of methoxy groups -OCH3 is 1. The molecule has 0 aliphatic rings. The van der Waals surface area contributed by atoms with Gasteiger partial charge in [-0.1, -0.05) is 24.3 Å². The molecule has 6 heteroatoms. The number of benzene rings is 3. The van der Waals surface area contributed by atoms with Crippen LogP contribution in [0.15, 0.2) is 82.6 Å². The van der Waals surface area contributed by atoms with Gasteiger partial charge in [0.05, 0.1) is 30.7 Å². The van der Waals surface area contributed by atoms with Crippen molar-refractivity contribution >= 4 is 22.7 Å². The number of hydrogen-bond acceptors (Lipinski definition) is 5. The maximum absolute atomic E-state index is 13.2. The first-order chi connectivity index (χ1) is 15.1. The summed E-state index contributed by atoms with van der Waals surface area (Å²) in [6, 6.07) is 21.5. The molecule has 31 heavy (non-hydrogen) atoms. The van der Waals surface area contributed by atoms with Crippen molar-refractivity contribution in [1.29, 1.82) is 0 Å². The Morgan fingerprint density at radius 2 is 1.71 bits per heavy atom. The molecule has 0 saturated carbocycles. The van der Waals surface area contributed by atoms with Crippen LogP contribution < -0.4 is 15.0 Å². The first kappa shape index (κ1) is 20.2. The van der Waals surface area contributed by atoms with E-state index in [-0.39, 0.29) is 11.4 Å². The fraction of sp³-hybridized carbons (Fsp3) is 0.120. The molecular formula is C25H22N2O4. The highest BCUT2D eigenvalue weighted by Gasteiger charge is 2.16. The van der Waals surface area contributed by atoms with Crippen LogP contribution in [0.1, 0.15) is 12.5 Å². The van der Waals surface area contributed by atoms with Gasteiger partial charge in [0.25, 0.3) is 5.56 Å². The minimum atomic E-state index is -0.309. The molecule has 156 valence electrons. The maximum atomic E-state index is 13.2. The molecule has 0 unspecified atom stereocenters. The molecule has 0 saturated heterocycles. The zero-order valence-electron chi connectivity index (χ0n) is 17.3. The van der Waals surface area contributed by atoms with Crippen molar-refractivity contribution < 1.29 is 14.6 Å². The molecule has 4 aromatic rings. The fourth-order valence-electron chi connectivity index (χ4n) is 3.42. The molecule has 1 aromatic heterocycles. The molecule has 0 amide bonds. The Bertz CT molecular complexity index is 1310. The summed E-state index contributed by atoms with van der Waals surface area (Å²) >= 11 is 0. The summed E-state index contributed by atoms with van der Waals surface area (Å²) in [7, 11) is 1.59. The molecule has 1 N–H and O–H groups in total. The van der Waals surface area contributed by atoms with E-state index < -0.39 is 0 Å².